The number of hydrogen-bond donors (Lipinski definition) is 1. The molecule has 2 N–H and O–H groups in total. The number of hydrogen-bond acceptors (Lipinski definition) is 8. The van der Waals surface area contributed by atoms with Gasteiger partial charge in [-0.1, -0.05) is 30.3 Å². The van der Waals surface area contributed by atoms with Gasteiger partial charge in [0, 0.05) is 50.7 Å². The van der Waals surface area contributed by atoms with Crippen LogP contribution in [-0.2, 0) is 15.1 Å². The molecule has 42 heavy (non-hydrogen) atoms. The highest BCUT2D eigenvalue weighted by atomic mass is 16.6. The third kappa shape index (κ3) is 7.07. The van der Waals surface area contributed by atoms with E-state index in [2.05, 4.69) is 53.2 Å². The number of benzene rings is 1. The molecule has 0 radical (unpaired) electrons. The zero-order valence-corrected chi connectivity index (χ0v) is 25.8. The predicted octanol–water partition coefficient (Wildman–Crippen LogP) is 3.25. The summed E-state index contributed by atoms with van der Waals surface area (Å²) in [5.41, 5.74) is 7.46. The average molecular weight is 580 g/mol. The van der Waals surface area contributed by atoms with Crippen LogP contribution in [0.1, 0.15) is 69.6 Å². The summed E-state index contributed by atoms with van der Waals surface area (Å²) in [6.45, 7) is 8.76. The van der Waals surface area contributed by atoms with Gasteiger partial charge in [0.25, 0.3) is 5.91 Å². The third-order valence-corrected chi connectivity index (χ3v) is 8.45. The van der Waals surface area contributed by atoms with Gasteiger partial charge in [-0.3, -0.25) is 14.5 Å². The first-order valence-corrected chi connectivity index (χ1v) is 14.6. The number of piperazine rings is 1. The highest BCUT2D eigenvalue weighted by Crippen LogP contribution is 2.44. The van der Waals surface area contributed by atoms with Crippen LogP contribution in [0.2, 0.25) is 0 Å². The van der Waals surface area contributed by atoms with Crippen LogP contribution in [-0.4, -0.2) is 101 Å². The number of nitrogens with two attached hydrogens (primary N) is 1. The maximum atomic E-state index is 13.1. The van der Waals surface area contributed by atoms with Gasteiger partial charge < -0.3 is 25.2 Å². The molecule has 2 aromatic rings. The first-order chi connectivity index (χ1) is 19.7. The van der Waals surface area contributed by atoms with Gasteiger partial charge in [0.05, 0.1) is 18.1 Å². The normalized spacial score (nSPS) is 23.0. The molecule has 0 atom stereocenters. The number of carbonyl (C=O) groups is 3. The van der Waals surface area contributed by atoms with Crippen molar-refractivity contribution in [3.05, 3.63) is 54.1 Å². The maximum absolute atomic E-state index is 13.1. The fraction of sp³-hybridized carbons (Fsp3) is 0.581. The van der Waals surface area contributed by atoms with Gasteiger partial charge in [-0.15, -0.1) is 0 Å². The SMILES string of the molecule is CC(=O)N(CC1(N)CCC(c2ccccc2)(N(C)C)CC1)c1cnc(C(=O)N2CCN(C(=O)OC(C)(C)C)CC2)nc1. The highest BCUT2D eigenvalue weighted by Gasteiger charge is 2.44. The molecule has 1 saturated carbocycles. The van der Waals surface area contributed by atoms with Crippen LogP contribution >= 0.6 is 0 Å². The Morgan fingerprint density at radius 3 is 1.98 bits per heavy atom. The van der Waals surface area contributed by atoms with E-state index in [1.54, 1.807) is 14.7 Å². The summed E-state index contributed by atoms with van der Waals surface area (Å²) in [7, 11) is 4.22. The molecule has 1 aliphatic carbocycles. The Labute approximate surface area is 249 Å². The van der Waals surface area contributed by atoms with E-state index >= 15 is 0 Å². The van der Waals surface area contributed by atoms with Crippen molar-refractivity contribution in [3.8, 4) is 0 Å². The van der Waals surface area contributed by atoms with Crippen LogP contribution in [0.25, 0.3) is 0 Å². The Morgan fingerprint density at radius 1 is 0.929 bits per heavy atom. The number of ether oxygens (including phenoxy) is 1. The highest BCUT2D eigenvalue weighted by molar-refractivity contribution is 5.93. The van der Waals surface area contributed by atoms with Gasteiger partial charge in [-0.2, -0.15) is 0 Å². The predicted molar refractivity (Wildman–Crippen MR) is 161 cm³/mol. The first-order valence-electron chi connectivity index (χ1n) is 14.6. The first kappa shape index (κ1) is 31.4. The fourth-order valence-corrected chi connectivity index (χ4v) is 5.89. The summed E-state index contributed by atoms with van der Waals surface area (Å²) in [4.78, 5) is 53.9. The molecule has 2 fully saturated rings. The van der Waals surface area contributed by atoms with E-state index < -0.39 is 11.1 Å². The van der Waals surface area contributed by atoms with Crippen molar-refractivity contribution in [2.45, 2.75) is 70.1 Å². The Balaban J connectivity index is 1.39. The molecule has 0 bridgehead atoms. The molecule has 0 unspecified atom stereocenters. The summed E-state index contributed by atoms with van der Waals surface area (Å²) in [5.74, 6) is -0.428. The number of nitrogens with zero attached hydrogens (tertiary/aromatic N) is 6. The lowest BCUT2D eigenvalue weighted by molar-refractivity contribution is -0.116. The Bertz CT molecular complexity index is 1240. The van der Waals surface area contributed by atoms with Crippen LogP contribution in [0.15, 0.2) is 42.7 Å². The summed E-state index contributed by atoms with van der Waals surface area (Å²) >= 11 is 0. The summed E-state index contributed by atoms with van der Waals surface area (Å²) < 4.78 is 5.43. The topological polar surface area (TPSA) is 125 Å². The minimum Gasteiger partial charge on any atom is -0.444 e. The Hall–Kier alpha value is -3.57. The largest absolute Gasteiger partial charge is 0.444 e. The molecule has 4 rings (SSSR count). The summed E-state index contributed by atoms with van der Waals surface area (Å²) in [6, 6.07) is 10.5. The third-order valence-electron chi connectivity index (χ3n) is 8.45. The minimum absolute atomic E-state index is 0.0479. The van der Waals surface area contributed by atoms with E-state index in [0.29, 0.717) is 38.4 Å². The van der Waals surface area contributed by atoms with Gasteiger partial charge in [0.2, 0.25) is 11.7 Å². The molecule has 11 nitrogen and oxygen atoms in total. The van der Waals surface area contributed by atoms with E-state index in [4.69, 9.17) is 10.5 Å². The summed E-state index contributed by atoms with van der Waals surface area (Å²) in [6.07, 6.45) is 5.88. The van der Waals surface area contributed by atoms with E-state index in [1.807, 2.05) is 26.8 Å². The van der Waals surface area contributed by atoms with Gasteiger partial charge in [0.15, 0.2) is 0 Å². The quantitative estimate of drug-likeness (QED) is 0.553. The van der Waals surface area contributed by atoms with E-state index in [-0.39, 0.29) is 29.3 Å². The number of anilines is 1. The van der Waals surface area contributed by atoms with E-state index in [1.165, 1.54) is 24.9 Å². The zero-order valence-electron chi connectivity index (χ0n) is 25.8. The summed E-state index contributed by atoms with van der Waals surface area (Å²) in [5, 5.41) is 0. The fourth-order valence-electron chi connectivity index (χ4n) is 5.89. The van der Waals surface area contributed by atoms with Gasteiger partial charge >= 0.3 is 6.09 Å². The molecule has 11 heteroatoms. The monoisotopic (exact) mass is 579 g/mol. The molecule has 2 aliphatic rings. The number of amides is 3. The van der Waals surface area contributed by atoms with Crippen molar-refractivity contribution in [3.63, 3.8) is 0 Å². The molecular weight excluding hydrogens is 534 g/mol. The van der Waals surface area contributed by atoms with Crippen molar-refractivity contribution in [2.75, 3.05) is 51.7 Å². The molecule has 2 heterocycles. The second-order valence-corrected chi connectivity index (χ2v) is 12.8. The van der Waals surface area contributed by atoms with Crippen molar-refractivity contribution < 1.29 is 19.1 Å². The molecule has 3 amide bonds. The molecule has 228 valence electrons. The second-order valence-electron chi connectivity index (χ2n) is 12.8. The van der Waals surface area contributed by atoms with Crippen LogP contribution in [0.3, 0.4) is 0 Å². The Morgan fingerprint density at radius 2 is 1.48 bits per heavy atom. The lowest BCUT2D eigenvalue weighted by Crippen LogP contribution is -2.57. The number of rotatable bonds is 6. The van der Waals surface area contributed by atoms with Crippen molar-refractivity contribution in [1.82, 2.24) is 24.7 Å². The van der Waals surface area contributed by atoms with Gasteiger partial charge in [-0.05, 0) is 66.1 Å². The molecule has 1 aromatic heterocycles. The number of aromatic nitrogens is 2. The number of carbonyl (C=O) groups excluding carboxylic acids is 3. The molecule has 0 spiro atoms. The smallest absolute Gasteiger partial charge is 0.410 e. The molecule has 1 aliphatic heterocycles. The van der Waals surface area contributed by atoms with Crippen LogP contribution in [0, 0.1) is 0 Å². The second kappa shape index (κ2) is 12.3. The van der Waals surface area contributed by atoms with Crippen molar-refractivity contribution >= 4 is 23.6 Å². The average Bonchev–Trinajstić information content (AvgIpc) is 2.96. The molecule has 1 saturated heterocycles. The van der Waals surface area contributed by atoms with Crippen molar-refractivity contribution in [1.29, 1.82) is 0 Å². The minimum atomic E-state index is -0.577. The van der Waals surface area contributed by atoms with Crippen LogP contribution in [0.5, 0.6) is 0 Å². The van der Waals surface area contributed by atoms with E-state index in [9.17, 15) is 14.4 Å². The molecular formula is C31H45N7O4. The van der Waals surface area contributed by atoms with Crippen LogP contribution in [0.4, 0.5) is 10.5 Å². The van der Waals surface area contributed by atoms with Crippen molar-refractivity contribution in [2.24, 2.45) is 5.73 Å². The lowest BCUT2D eigenvalue weighted by atomic mass is 9.69. The molecule has 1 aromatic carbocycles. The van der Waals surface area contributed by atoms with E-state index in [0.717, 1.165) is 25.7 Å². The Kier molecular flexibility index (Phi) is 9.22. The zero-order chi connectivity index (χ0) is 30.7. The van der Waals surface area contributed by atoms with Gasteiger partial charge in [-0.25, -0.2) is 14.8 Å². The lowest BCUT2D eigenvalue weighted by Gasteiger charge is -2.49. The van der Waals surface area contributed by atoms with Gasteiger partial charge in [0.1, 0.15) is 5.60 Å². The van der Waals surface area contributed by atoms with Crippen LogP contribution < -0.4 is 10.6 Å². The standard InChI is InChI=1S/C31H45N7O4/c1-23(39)38(22-30(32)12-14-31(15-13-30,35(5)6)24-10-8-7-9-11-24)25-20-33-26(34-21-25)27(40)36-16-18-37(19-17-36)28(41)42-29(2,3)4/h7-11,20-21H,12-19,22,32H2,1-6H3. The maximum Gasteiger partial charge on any atom is 0.410 e.